The first kappa shape index (κ1) is 36.4. The van der Waals surface area contributed by atoms with Gasteiger partial charge in [0.15, 0.2) is 0 Å². The number of primary amides is 1. The predicted octanol–water partition coefficient (Wildman–Crippen LogP) is 3.93. The third-order valence-electron chi connectivity index (χ3n) is 6.60. The third-order valence-corrected chi connectivity index (χ3v) is 6.60. The quantitative estimate of drug-likeness (QED) is 0.173. The van der Waals surface area contributed by atoms with Gasteiger partial charge in [0.1, 0.15) is 24.2 Å². The highest BCUT2D eigenvalue weighted by Gasteiger charge is 2.36. The zero-order valence-corrected chi connectivity index (χ0v) is 26.1. The molecule has 0 radical (unpaired) electrons. The van der Waals surface area contributed by atoms with Gasteiger partial charge in [0.2, 0.25) is 17.7 Å². The van der Waals surface area contributed by atoms with Crippen LogP contribution in [0.2, 0.25) is 0 Å². The Bertz CT molecular complexity index is 1020. The molecular formula is C31H50N4O7. The molecule has 0 aromatic heterocycles. The fraction of sp³-hybridized carbons (Fsp3) is 0.645. The van der Waals surface area contributed by atoms with E-state index >= 15 is 0 Å². The lowest BCUT2D eigenvalue weighted by Gasteiger charge is -2.34. The number of unbranched alkanes of at least 4 members (excludes halogenated alkanes) is 5. The van der Waals surface area contributed by atoms with Crippen LogP contribution in [0.3, 0.4) is 0 Å². The number of hydrogen-bond acceptors (Lipinski definition) is 7. The maximum absolute atomic E-state index is 14.2. The molecular weight excluding hydrogens is 540 g/mol. The smallest absolute Gasteiger partial charge is 0.408 e. The molecule has 0 aliphatic heterocycles. The van der Waals surface area contributed by atoms with Gasteiger partial charge in [-0.15, -0.1) is 0 Å². The molecule has 1 aromatic carbocycles. The molecule has 0 aliphatic carbocycles. The summed E-state index contributed by atoms with van der Waals surface area (Å²) in [6, 6.07) is 5.03. The molecule has 4 N–H and O–H groups in total. The summed E-state index contributed by atoms with van der Waals surface area (Å²) < 4.78 is 10.0. The van der Waals surface area contributed by atoms with E-state index in [0.717, 1.165) is 44.1 Å². The highest BCUT2D eigenvalue weighted by Crippen LogP contribution is 2.25. The SMILES string of the molecule is CCCCCCCCN(C(=O)C(CCC(N)=O)NC(=O)OC(C)(C)C)C(C(=O)NCC(=O)OC)c1ccc(CC)cc1. The molecule has 4 amide bonds. The molecule has 1 aromatic rings. The number of nitrogens with one attached hydrogen (secondary N) is 2. The van der Waals surface area contributed by atoms with E-state index in [-0.39, 0.29) is 25.9 Å². The number of nitrogens with two attached hydrogens (primary N) is 1. The number of methoxy groups -OCH3 is 1. The molecule has 236 valence electrons. The van der Waals surface area contributed by atoms with Gasteiger partial charge in [-0.3, -0.25) is 19.2 Å². The number of carbonyl (C=O) groups is 5. The van der Waals surface area contributed by atoms with E-state index in [1.165, 1.54) is 12.0 Å². The van der Waals surface area contributed by atoms with Crippen molar-refractivity contribution in [3.8, 4) is 0 Å². The van der Waals surface area contributed by atoms with Gasteiger partial charge in [-0.25, -0.2) is 4.79 Å². The summed E-state index contributed by atoms with van der Waals surface area (Å²) in [6.07, 6.45) is 5.40. The van der Waals surface area contributed by atoms with Gasteiger partial charge in [0.05, 0.1) is 7.11 Å². The van der Waals surface area contributed by atoms with Crippen LogP contribution in [0.1, 0.15) is 103 Å². The van der Waals surface area contributed by atoms with E-state index in [4.69, 9.17) is 10.5 Å². The molecule has 0 heterocycles. The Balaban J connectivity index is 3.50. The van der Waals surface area contributed by atoms with Crippen molar-refractivity contribution in [2.45, 2.75) is 110 Å². The molecule has 0 saturated heterocycles. The van der Waals surface area contributed by atoms with E-state index in [1.807, 2.05) is 19.1 Å². The highest BCUT2D eigenvalue weighted by molar-refractivity contribution is 5.93. The topological polar surface area (TPSA) is 157 Å². The minimum absolute atomic E-state index is 0.0777. The fourth-order valence-electron chi connectivity index (χ4n) is 4.36. The first-order valence-electron chi connectivity index (χ1n) is 14.8. The van der Waals surface area contributed by atoms with Crippen LogP contribution in [-0.4, -0.2) is 66.5 Å². The van der Waals surface area contributed by atoms with E-state index in [0.29, 0.717) is 12.0 Å². The number of hydrogen-bond donors (Lipinski definition) is 3. The Labute approximate surface area is 250 Å². The number of aryl methyl sites for hydroxylation is 1. The van der Waals surface area contributed by atoms with Crippen LogP contribution in [0.15, 0.2) is 24.3 Å². The maximum Gasteiger partial charge on any atom is 0.408 e. The Hall–Kier alpha value is -3.63. The van der Waals surface area contributed by atoms with E-state index < -0.39 is 47.5 Å². The Kier molecular flexibility index (Phi) is 16.2. The van der Waals surface area contributed by atoms with Crippen LogP contribution in [0.25, 0.3) is 0 Å². The molecule has 0 spiro atoms. The van der Waals surface area contributed by atoms with Crippen LogP contribution >= 0.6 is 0 Å². The molecule has 0 saturated carbocycles. The molecule has 0 bridgehead atoms. The van der Waals surface area contributed by atoms with Gasteiger partial charge in [-0.2, -0.15) is 0 Å². The number of ether oxygens (including phenoxy) is 2. The minimum atomic E-state index is -1.18. The second-order valence-electron chi connectivity index (χ2n) is 11.3. The van der Waals surface area contributed by atoms with Gasteiger partial charge in [0.25, 0.3) is 0 Å². The normalized spacial score (nSPS) is 12.5. The highest BCUT2D eigenvalue weighted by atomic mass is 16.6. The summed E-state index contributed by atoms with van der Waals surface area (Å²) in [6.45, 7) is 9.05. The number of nitrogens with zero attached hydrogens (tertiary/aromatic N) is 1. The lowest BCUT2D eigenvalue weighted by Crippen LogP contribution is -2.53. The molecule has 2 unspecified atom stereocenters. The molecule has 1 rings (SSSR count). The molecule has 0 fully saturated rings. The molecule has 2 atom stereocenters. The molecule has 11 heteroatoms. The predicted molar refractivity (Wildman–Crippen MR) is 160 cm³/mol. The van der Waals surface area contributed by atoms with E-state index in [1.54, 1.807) is 32.9 Å². The third kappa shape index (κ3) is 13.8. The fourth-order valence-corrected chi connectivity index (χ4v) is 4.36. The van der Waals surface area contributed by atoms with Crippen molar-refractivity contribution in [2.75, 3.05) is 20.2 Å². The number of alkyl carbamates (subject to hydrolysis) is 1. The second kappa shape index (κ2) is 18.7. The molecule has 11 nitrogen and oxygen atoms in total. The zero-order valence-electron chi connectivity index (χ0n) is 26.1. The summed E-state index contributed by atoms with van der Waals surface area (Å²) in [5.41, 5.74) is 6.15. The van der Waals surface area contributed by atoms with Gasteiger partial charge in [0, 0.05) is 13.0 Å². The van der Waals surface area contributed by atoms with Crippen molar-refractivity contribution in [3.05, 3.63) is 35.4 Å². The largest absolute Gasteiger partial charge is 0.468 e. The second-order valence-corrected chi connectivity index (χ2v) is 11.3. The maximum atomic E-state index is 14.2. The number of amides is 4. The average molecular weight is 591 g/mol. The number of esters is 1. The van der Waals surface area contributed by atoms with E-state index in [2.05, 4.69) is 22.3 Å². The number of carbonyl (C=O) groups excluding carboxylic acids is 5. The summed E-state index contributed by atoms with van der Waals surface area (Å²) in [7, 11) is 1.22. The van der Waals surface area contributed by atoms with Gasteiger partial charge in [-0.05, 0) is 51.2 Å². The van der Waals surface area contributed by atoms with Crippen molar-refractivity contribution >= 4 is 29.8 Å². The van der Waals surface area contributed by atoms with Crippen LogP contribution in [-0.2, 0) is 35.1 Å². The van der Waals surface area contributed by atoms with Gasteiger partial charge >= 0.3 is 12.1 Å². The standard InChI is InChI=1S/C31H50N4O7/c1-7-9-10-11-12-13-20-35(29(39)24(18-19-25(32)36)34-30(40)42-31(3,4)5)27(28(38)33-21-26(37)41-6)23-16-14-22(8-2)15-17-23/h14-17,24,27H,7-13,18-21H2,1-6H3,(H2,32,36)(H,33,38)(H,34,40). The van der Waals surface area contributed by atoms with Crippen LogP contribution in [0.4, 0.5) is 4.79 Å². The van der Waals surface area contributed by atoms with Crippen molar-refractivity contribution in [3.63, 3.8) is 0 Å². The Morgan fingerprint density at radius 2 is 1.57 bits per heavy atom. The van der Waals surface area contributed by atoms with Gasteiger partial charge < -0.3 is 30.7 Å². The first-order valence-corrected chi connectivity index (χ1v) is 14.8. The van der Waals surface area contributed by atoms with Crippen molar-refractivity contribution in [1.82, 2.24) is 15.5 Å². The number of benzene rings is 1. The van der Waals surface area contributed by atoms with Crippen molar-refractivity contribution in [2.24, 2.45) is 5.73 Å². The average Bonchev–Trinajstić information content (AvgIpc) is 2.93. The summed E-state index contributed by atoms with van der Waals surface area (Å²) in [4.78, 5) is 65.4. The Morgan fingerprint density at radius 3 is 2.12 bits per heavy atom. The van der Waals surface area contributed by atoms with Crippen LogP contribution in [0, 0.1) is 0 Å². The summed E-state index contributed by atoms with van der Waals surface area (Å²) in [5.74, 6) is -2.41. The zero-order chi connectivity index (χ0) is 31.7. The Morgan fingerprint density at radius 1 is 0.952 bits per heavy atom. The lowest BCUT2D eigenvalue weighted by molar-refractivity contribution is -0.145. The number of rotatable bonds is 18. The molecule has 42 heavy (non-hydrogen) atoms. The van der Waals surface area contributed by atoms with Crippen LogP contribution in [0.5, 0.6) is 0 Å². The monoisotopic (exact) mass is 590 g/mol. The lowest BCUT2D eigenvalue weighted by atomic mass is 9.99. The van der Waals surface area contributed by atoms with Crippen molar-refractivity contribution in [1.29, 1.82) is 0 Å². The summed E-state index contributed by atoms with van der Waals surface area (Å²) >= 11 is 0. The first-order chi connectivity index (χ1) is 19.8. The molecule has 0 aliphatic rings. The van der Waals surface area contributed by atoms with E-state index in [9.17, 15) is 24.0 Å². The summed E-state index contributed by atoms with van der Waals surface area (Å²) in [5, 5.41) is 5.17. The van der Waals surface area contributed by atoms with Crippen LogP contribution < -0.4 is 16.4 Å². The van der Waals surface area contributed by atoms with Gasteiger partial charge in [-0.1, -0.05) is 70.2 Å². The van der Waals surface area contributed by atoms with Crippen molar-refractivity contribution < 1.29 is 33.4 Å². The minimum Gasteiger partial charge on any atom is -0.468 e.